The van der Waals surface area contributed by atoms with E-state index >= 15 is 0 Å². The Bertz CT molecular complexity index is 903. The summed E-state index contributed by atoms with van der Waals surface area (Å²) in [5.74, 6) is 0.223. The molecule has 6 nitrogen and oxygen atoms in total. The average Bonchev–Trinajstić information content (AvgIpc) is 3.11. The van der Waals surface area contributed by atoms with Crippen molar-refractivity contribution in [3.63, 3.8) is 0 Å². The maximum absolute atomic E-state index is 12.1. The fourth-order valence-corrected chi connectivity index (χ4v) is 2.62. The summed E-state index contributed by atoms with van der Waals surface area (Å²) in [5.41, 5.74) is 0.818. The van der Waals surface area contributed by atoms with E-state index < -0.39 is 0 Å². The summed E-state index contributed by atoms with van der Waals surface area (Å²) >= 11 is 1.59. The molecule has 0 atom stereocenters. The van der Waals surface area contributed by atoms with E-state index in [1.54, 1.807) is 30.0 Å². The van der Waals surface area contributed by atoms with Crippen LogP contribution in [0.1, 0.15) is 0 Å². The summed E-state index contributed by atoms with van der Waals surface area (Å²) in [5, 5.41) is 2.78. The zero-order valence-corrected chi connectivity index (χ0v) is 13.7. The molecular formula is C17H15N3O3S. The number of nitrogens with zero attached hydrogens (tertiary/aromatic N) is 2. The number of aromatic nitrogens is 2. The Kier molecular flexibility index (Phi) is 4.81. The van der Waals surface area contributed by atoms with E-state index in [0.29, 0.717) is 17.1 Å². The number of anilines is 1. The zero-order chi connectivity index (χ0) is 16.9. The summed E-state index contributed by atoms with van der Waals surface area (Å²) in [6.07, 6.45) is 4.82. The summed E-state index contributed by atoms with van der Waals surface area (Å²) in [4.78, 5) is 29.5. The van der Waals surface area contributed by atoms with Gasteiger partial charge in [0.15, 0.2) is 5.76 Å². The van der Waals surface area contributed by atoms with Gasteiger partial charge in [-0.25, -0.2) is 4.98 Å². The van der Waals surface area contributed by atoms with E-state index in [1.165, 1.54) is 23.2 Å². The molecule has 0 bridgehead atoms. The molecule has 7 heteroatoms. The minimum atomic E-state index is -0.315. The number of amides is 1. The quantitative estimate of drug-likeness (QED) is 0.722. The van der Waals surface area contributed by atoms with E-state index in [9.17, 15) is 9.59 Å². The van der Waals surface area contributed by atoms with E-state index in [-0.39, 0.29) is 18.0 Å². The van der Waals surface area contributed by atoms with Gasteiger partial charge in [-0.1, -0.05) is 6.07 Å². The molecule has 0 fully saturated rings. The molecule has 3 aromatic rings. The van der Waals surface area contributed by atoms with Crippen LogP contribution in [0, 0.1) is 0 Å². The van der Waals surface area contributed by atoms with Gasteiger partial charge in [0.25, 0.3) is 5.56 Å². The number of benzene rings is 1. The van der Waals surface area contributed by atoms with E-state index in [0.717, 1.165) is 4.90 Å². The maximum atomic E-state index is 12.1. The second-order valence-corrected chi connectivity index (χ2v) is 5.88. The molecule has 0 aliphatic heterocycles. The van der Waals surface area contributed by atoms with E-state index in [4.69, 9.17) is 4.42 Å². The molecule has 0 spiro atoms. The van der Waals surface area contributed by atoms with Crippen LogP contribution >= 0.6 is 11.8 Å². The number of carbonyl (C=O) groups is 1. The molecule has 0 aliphatic carbocycles. The first-order chi connectivity index (χ1) is 11.7. The SMILES string of the molecule is CSc1cccc(NC(=O)Cn2cnc(-c3ccco3)cc2=O)c1. The van der Waals surface area contributed by atoms with E-state index in [1.807, 2.05) is 24.5 Å². The Morgan fingerprint density at radius 1 is 1.29 bits per heavy atom. The highest BCUT2D eigenvalue weighted by atomic mass is 32.2. The van der Waals surface area contributed by atoms with Gasteiger partial charge >= 0.3 is 0 Å². The van der Waals surface area contributed by atoms with Crippen molar-refractivity contribution in [3.8, 4) is 11.5 Å². The largest absolute Gasteiger partial charge is 0.463 e. The van der Waals surface area contributed by atoms with Crippen LogP contribution < -0.4 is 10.9 Å². The predicted molar refractivity (Wildman–Crippen MR) is 93.1 cm³/mol. The van der Waals surface area contributed by atoms with Crippen LogP contribution in [-0.4, -0.2) is 21.7 Å². The van der Waals surface area contributed by atoms with Crippen LogP contribution in [0.25, 0.3) is 11.5 Å². The summed E-state index contributed by atoms with van der Waals surface area (Å²) in [6, 6.07) is 12.3. The molecule has 1 amide bonds. The highest BCUT2D eigenvalue weighted by Gasteiger charge is 2.09. The van der Waals surface area contributed by atoms with Crippen molar-refractivity contribution in [1.29, 1.82) is 0 Å². The third-order valence-electron chi connectivity index (χ3n) is 3.32. The average molecular weight is 341 g/mol. The number of thioether (sulfide) groups is 1. The molecule has 0 aliphatic rings. The van der Waals surface area contributed by atoms with Crippen molar-refractivity contribution in [2.24, 2.45) is 0 Å². The highest BCUT2D eigenvalue weighted by molar-refractivity contribution is 7.98. The van der Waals surface area contributed by atoms with Gasteiger partial charge in [-0.2, -0.15) is 0 Å². The number of rotatable bonds is 5. The van der Waals surface area contributed by atoms with Crippen molar-refractivity contribution >= 4 is 23.4 Å². The molecule has 122 valence electrons. The molecule has 3 rings (SSSR count). The molecule has 1 aromatic carbocycles. The van der Waals surface area contributed by atoms with Crippen LogP contribution in [0.5, 0.6) is 0 Å². The lowest BCUT2D eigenvalue weighted by molar-refractivity contribution is -0.116. The summed E-state index contributed by atoms with van der Waals surface area (Å²) in [7, 11) is 0. The smallest absolute Gasteiger partial charge is 0.254 e. The molecular weight excluding hydrogens is 326 g/mol. The third kappa shape index (κ3) is 3.75. The molecule has 0 unspecified atom stereocenters. The maximum Gasteiger partial charge on any atom is 0.254 e. The fraction of sp³-hybridized carbons (Fsp3) is 0.118. The third-order valence-corrected chi connectivity index (χ3v) is 4.05. The van der Waals surface area contributed by atoms with Crippen molar-refractivity contribution in [1.82, 2.24) is 9.55 Å². The number of carbonyl (C=O) groups excluding carboxylic acids is 1. The fourth-order valence-electron chi connectivity index (χ4n) is 2.16. The molecule has 24 heavy (non-hydrogen) atoms. The number of hydrogen-bond acceptors (Lipinski definition) is 5. The molecule has 1 N–H and O–H groups in total. The van der Waals surface area contributed by atoms with Crippen molar-refractivity contribution in [2.45, 2.75) is 11.4 Å². The first-order valence-electron chi connectivity index (χ1n) is 7.20. The van der Waals surface area contributed by atoms with Crippen LogP contribution in [0.3, 0.4) is 0 Å². The van der Waals surface area contributed by atoms with Crippen LogP contribution in [0.4, 0.5) is 5.69 Å². The summed E-state index contributed by atoms with van der Waals surface area (Å²) < 4.78 is 6.45. The predicted octanol–water partition coefficient (Wildman–Crippen LogP) is 2.86. The Morgan fingerprint density at radius 3 is 2.88 bits per heavy atom. The van der Waals surface area contributed by atoms with Crippen molar-refractivity contribution in [3.05, 3.63) is 65.4 Å². The first-order valence-corrected chi connectivity index (χ1v) is 8.42. The second-order valence-electron chi connectivity index (χ2n) is 5.00. The zero-order valence-electron chi connectivity index (χ0n) is 12.9. The summed E-state index contributed by atoms with van der Waals surface area (Å²) in [6.45, 7) is -0.103. The molecule has 0 saturated heterocycles. The van der Waals surface area contributed by atoms with Gasteiger partial charge in [0.1, 0.15) is 12.2 Å². The van der Waals surface area contributed by atoms with Gasteiger partial charge in [-0.15, -0.1) is 11.8 Å². The lowest BCUT2D eigenvalue weighted by atomic mass is 10.3. The van der Waals surface area contributed by atoms with Gasteiger partial charge in [-0.3, -0.25) is 14.2 Å². The lowest BCUT2D eigenvalue weighted by Gasteiger charge is -2.08. The Morgan fingerprint density at radius 2 is 2.17 bits per heavy atom. The molecule has 2 aromatic heterocycles. The number of hydrogen-bond donors (Lipinski definition) is 1. The molecule has 0 radical (unpaired) electrons. The van der Waals surface area contributed by atoms with Gasteiger partial charge in [0, 0.05) is 16.6 Å². The number of furan rings is 1. The highest BCUT2D eigenvalue weighted by Crippen LogP contribution is 2.19. The Balaban J connectivity index is 1.71. The normalized spacial score (nSPS) is 10.5. The molecule has 2 heterocycles. The first kappa shape index (κ1) is 16.1. The van der Waals surface area contributed by atoms with Crippen LogP contribution in [-0.2, 0) is 11.3 Å². The monoisotopic (exact) mass is 341 g/mol. The lowest BCUT2D eigenvalue weighted by Crippen LogP contribution is -2.27. The van der Waals surface area contributed by atoms with Crippen molar-refractivity contribution in [2.75, 3.05) is 11.6 Å². The van der Waals surface area contributed by atoms with Gasteiger partial charge in [-0.05, 0) is 36.6 Å². The standard InChI is InChI=1S/C17H15N3O3S/c1-24-13-5-2-4-12(8-13)19-16(21)10-20-11-18-14(9-17(20)22)15-6-3-7-23-15/h2-9,11H,10H2,1H3,(H,19,21). The van der Waals surface area contributed by atoms with Gasteiger partial charge in [0.2, 0.25) is 5.91 Å². The minimum Gasteiger partial charge on any atom is -0.463 e. The van der Waals surface area contributed by atoms with Crippen LogP contribution in [0.2, 0.25) is 0 Å². The van der Waals surface area contributed by atoms with Crippen LogP contribution in [0.15, 0.2) is 69.2 Å². The van der Waals surface area contributed by atoms with Crippen molar-refractivity contribution < 1.29 is 9.21 Å². The Labute approximate surface area is 142 Å². The minimum absolute atomic E-state index is 0.103. The topological polar surface area (TPSA) is 77.1 Å². The molecule has 0 saturated carbocycles. The Hall–Kier alpha value is -2.80. The number of nitrogens with one attached hydrogen (secondary N) is 1. The van der Waals surface area contributed by atoms with Gasteiger partial charge < -0.3 is 9.73 Å². The van der Waals surface area contributed by atoms with Gasteiger partial charge in [0.05, 0.1) is 12.6 Å². The second kappa shape index (κ2) is 7.18. The van der Waals surface area contributed by atoms with E-state index in [2.05, 4.69) is 10.3 Å².